The first kappa shape index (κ1) is 13.1. The highest BCUT2D eigenvalue weighted by Gasteiger charge is 2.22. The smallest absolute Gasteiger partial charge is 0.283 e. The van der Waals surface area contributed by atoms with Crippen molar-refractivity contribution in [2.75, 3.05) is 6.61 Å². The summed E-state index contributed by atoms with van der Waals surface area (Å²) < 4.78 is 0.501. The third-order valence-corrected chi connectivity index (χ3v) is 3.27. The van der Waals surface area contributed by atoms with Crippen molar-refractivity contribution >= 4 is 21.6 Å². The zero-order valence-corrected chi connectivity index (χ0v) is 10.8. The lowest BCUT2D eigenvalue weighted by Crippen LogP contribution is -2.20. The Hall–Kier alpha value is -0.940. The van der Waals surface area contributed by atoms with Crippen molar-refractivity contribution in [3.8, 4) is 0 Å². The molecule has 4 nitrogen and oxygen atoms in total. The van der Waals surface area contributed by atoms with E-state index in [-0.39, 0.29) is 17.7 Å². The van der Waals surface area contributed by atoms with Gasteiger partial charge in [0.1, 0.15) is 0 Å². The van der Waals surface area contributed by atoms with Gasteiger partial charge in [-0.05, 0) is 33.3 Å². The van der Waals surface area contributed by atoms with Crippen molar-refractivity contribution in [3.05, 3.63) is 38.3 Å². The topological polar surface area (TPSA) is 63.4 Å². The van der Waals surface area contributed by atoms with Crippen LogP contribution in [0.25, 0.3) is 0 Å². The monoisotopic (exact) mass is 287 g/mol. The number of nitrogens with zero attached hydrogens (tertiary/aromatic N) is 1. The van der Waals surface area contributed by atoms with E-state index in [4.69, 9.17) is 0 Å². The van der Waals surface area contributed by atoms with E-state index in [2.05, 4.69) is 15.9 Å². The lowest BCUT2D eigenvalue weighted by atomic mass is 9.86. The van der Waals surface area contributed by atoms with Gasteiger partial charge in [-0.1, -0.05) is 26.0 Å². The maximum atomic E-state index is 10.7. The summed E-state index contributed by atoms with van der Waals surface area (Å²) in [5.74, 6) is 0. The van der Waals surface area contributed by atoms with E-state index in [1.165, 1.54) is 6.07 Å². The van der Waals surface area contributed by atoms with Crippen LogP contribution < -0.4 is 0 Å². The maximum absolute atomic E-state index is 10.7. The molecule has 0 aliphatic heterocycles. The van der Waals surface area contributed by atoms with Crippen molar-refractivity contribution in [1.29, 1.82) is 0 Å². The Morgan fingerprint density at radius 1 is 1.50 bits per heavy atom. The summed E-state index contributed by atoms with van der Waals surface area (Å²) in [4.78, 5) is 10.3. The lowest BCUT2D eigenvalue weighted by molar-refractivity contribution is -0.385. The molecule has 88 valence electrons. The summed E-state index contributed by atoms with van der Waals surface area (Å²) in [5.41, 5.74) is 0.622. The highest BCUT2D eigenvalue weighted by molar-refractivity contribution is 9.10. The Morgan fingerprint density at radius 2 is 2.12 bits per heavy atom. The zero-order valence-electron chi connectivity index (χ0n) is 9.24. The van der Waals surface area contributed by atoms with Crippen LogP contribution in [-0.4, -0.2) is 16.6 Å². The van der Waals surface area contributed by atoms with Crippen LogP contribution in [0.4, 0.5) is 5.69 Å². The number of nitro benzene ring substituents is 1. The predicted octanol–water partition coefficient (Wildman–Crippen LogP) is 2.92. The Balaban J connectivity index is 3.07. The molecule has 0 fully saturated rings. The Labute approximate surface area is 103 Å². The minimum atomic E-state index is -0.417. The fourth-order valence-electron chi connectivity index (χ4n) is 1.42. The van der Waals surface area contributed by atoms with Gasteiger partial charge in [0.25, 0.3) is 5.69 Å². The molecule has 0 saturated carbocycles. The van der Waals surface area contributed by atoms with Crippen molar-refractivity contribution in [2.45, 2.75) is 20.3 Å². The second-order valence-corrected chi connectivity index (χ2v) is 5.30. The number of aliphatic hydroxyl groups is 1. The molecule has 0 unspecified atom stereocenters. The number of hydrogen-bond donors (Lipinski definition) is 1. The van der Waals surface area contributed by atoms with E-state index in [0.717, 1.165) is 5.56 Å². The minimum Gasteiger partial charge on any atom is -0.396 e. The zero-order chi connectivity index (χ0) is 12.3. The van der Waals surface area contributed by atoms with Crippen LogP contribution >= 0.6 is 15.9 Å². The molecule has 0 heterocycles. The van der Waals surface area contributed by atoms with E-state index in [0.29, 0.717) is 10.9 Å². The van der Waals surface area contributed by atoms with Gasteiger partial charge in [0.05, 0.1) is 9.40 Å². The summed E-state index contributed by atoms with van der Waals surface area (Å²) in [6.07, 6.45) is 0.589. The molecule has 0 radical (unpaired) electrons. The summed E-state index contributed by atoms with van der Waals surface area (Å²) in [7, 11) is 0. The van der Waals surface area contributed by atoms with Crippen LogP contribution in [0.3, 0.4) is 0 Å². The molecule has 1 rings (SSSR count). The normalized spacial score (nSPS) is 11.5. The molecule has 1 aromatic carbocycles. The molecule has 1 aromatic rings. The number of nitro groups is 1. The van der Waals surface area contributed by atoms with Crippen molar-refractivity contribution in [1.82, 2.24) is 0 Å². The molecule has 0 saturated heterocycles. The van der Waals surface area contributed by atoms with Crippen LogP contribution in [0.1, 0.15) is 19.4 Å². The Bertz CT molecular complexity index is 404. The van der Waals surface area contributed by atoms with Crippen LogP contribution in [0.5, 0.6) is 0 Å². The first-order valence-corrected chi connectivity index (χ1v) is 5.69. The largest absolute Gasteiger partial charge is 0.396 e. The Morgan fingerprint density at radius 3 is 2.62 bits per heavy atom. The molecule has 0 bridgehead atoms. The molecule has 0 amide bonds. The van der Waals surface area contributed by atoms with Crippen LogP contribution in [-0.2, 0) is 6.42 Å². The van der Waals surface area contributed by atoms with Gasteiger partial charge >= 0.3 is 0 Å². The second kappa shape index (κ2) is 4.93. The Kier molecular flexibility index (Phi) is 4.04. The molecular formula is C11H14BrNO3. The van der Waals surface area contributed by atoms with Crippen molar-refractivity contribution in [3.63, 3.8) is 0 Å². The van der Waals surface area contributed by atoms with Gasteiger partial charge in [-0.15, -0.1) is 0 Å². The van der Waals surface area contributed by atoms with E-state index < -0.39 is 4.92 Å². The van der Waals surface area contributed by atoms with Crippen LogP contribution in [0, 0.1) is 15.5 Å². The third kappa shape index (κ3) is 3.02. The average Bonchev–Trinajstić information content (AvgIpc) is 2.20. The van der Waals surface area contributed by atoms with Crippen molar-refractivity contribution in [2.24, 2.45) is 5.41 Å². The first-order valence-electron chi connectivity index (χ1n) is 4.90. The average molecular weight is 288 g/mol. The van der Waals surface area contributed by atoms with Gasteiger partial charge in [0.2, 0.25) is 0 Å². The quantitative estimate of drug-likeness (QED) is 0.684. The molecule has 0 aliphatic rings. The van der Waals surface area contributed by atoms with E-state index in [9.17, 15) is 15.2 Å². The number of hydrogen-bond acceptors (Lipinski definition) is 3. The van der Waals surface area contributed by atoms with E-state index >= 15 is 0 Å². The summed E-state index contributed by atoms with van der Waals surface area (Å²) in [5, 5.41) is 19.9. The molecule has 0 atom stereocenters. The fraction of sp³-hybridized carbons (Fsp3) is 0.455. The van der Waals surface area contributed by atoms with E-state index in [1.807, 2.05) is 19.9 Å². The number of rotatable bonds is 4. The lowest BCUT2D eigenvalue weighted by Gasteiger charge is -2.22. The number of aliphatic hydroxyl groups excluding tert-OH is 1. The molecular weight excluding hydrogens is 274 g/mol. The number of halogens is 1. The third-order valence-electron chi connectivity index (χ3n) is 2.35. The summed E-state index contributed by atoms with van der Waals surface area (Å²) in [6.45, 7) is 3.87. The standard InChI is InChI=1S/C11H14BrNO3/c1-11(2,7-14)6-8-4-3-5-9(10(8)12)13(15)16/h3-5,14H,6-7H2,1-2H3. The molecule has 0 aromatic heterocycles. The van der Waals surface area contributed by atoms with Gasteiger partial charge in [-0.3, -0.25) is 10.1 Å². The van der Waals surface area contributed by atoms with Gasteiger partial charge in [-0.25, -0.2) is 0 Å². The van der Waals surface area contributed by atoms with Gasteiger partial charge in [-0.2, -0.15) is 0 Å². The van der Waals surface area contributed by atoms with E-state index in [1.54, 1.807) is 6.07 Å². The van der Waals surface area contributed by atoms with Gasteiger partial charge < -0.3 is 5.11 Å². The second-order valence-electron chi connectivity index (χ2n) is 4.51. The molecule has 0 aliphatic carbocycles. The predicted molar refractivity (Wildman–Crippen MR) is 65.4 cm³/mol. The summed E-state index contributed by atoms with van der Waals surface area (Å²) in [6, 6.07) is 4.94. The van der Waals surface area contributed by atoms with Crippen LogP contribution in [0.15, 0.2) is 22.7 Å². The molecule has 16 heavy (non-hydrogen) atoms. The number of benzene rings is 1. The highest BCUT2D eigenvalue weighted by Crippen LogP contribution is 2.32. The van der Waals surface area contributed by atoms with Crippen molar-refractivity contribution < 1.29 is 10.0 Å². The molecule has 5 heteroatoms. The van der Waals surface area contributed by atoms with Gasteiger partial charge in [0, 0.05) is 12.7 Å². The highest BCUT2D eigenvalue weighted by atomic mass is 79.9. The van der Waals surface area contributed by atoms with Crippen LogP contribution in [0.2, 0.25) is 0 Å². The SMILES string of the molecule is CC(C)(CO)Cc1cccc([N+](=O)[O-])c1Br. The maximum Gasteiger partial charge on any atom is 0.283 e. The molecule has 1 N–H and O–H groups in total. The van der Waals surface area contributed by atoms with Gasteiger partial charge in [0.15, 0.2) is 0 Å². The minimum absolute atomic E-state index is 0.0438. The fourth-order valence-corrected chi connectivity index (χ4v) is 1.96. The molecule has 0 spiro atoms. The summed E-state index contributed by atoms with van der Waals surface area (Å²) >= 11 is 3.24. The first-order chi connectivity index (χ1) is 7.37.